The van der Waals surface area contributed by atoms with E-state index >= 15 is 0 Å². The predicted octanol–water partition coefficient (Wildman–Crippen LogP) is 27.3. The van der Waals surface area contributed by atoms with Gasteiger partial charge in [0.1, 0.15) is 0 Å². The minimum Gasteiger partial charge on any atom is -0.134 e. The van der Waals surface area contributed by atoms with E-state index in [0.29, 0.717) is 0 Å². The van der Waals surface area contributed by atoms with E-state index in [0.717, 1.165) is 0 Å². The van der Waals surface area contributed by atoms with Crippen molar-refractivity contribution in [2.24, 2.45) is 0 Å². The van der Waals surface area contributed by atoms with E-state index in [1.807, 2.05) is 90.7 Å². The van der Waals surface area contributed by atoms with Crippen molar-refractivity contribution in [3.8, 4) is 55.6 Å². The van der Waals surface area contributed by atoms with Crippen LogP contribution in [0.1, 0.15) is 11.1 Å². The third-order valence-electron chi connectivity index (χ3n) is 18.0. The summed E-state index contributed by atoms with van der Waals surface area (Å²) in [5.74, 6) is 0. The van der Waals surface area contributed by atoms with Gasteiger partial charge in [0.2, 0.25) is 0 Å². The molecule has 0 nitrogen and oxygen atoms in total. The number of benzene rings is 12. The third kappa shape index (κ3) is 7.27. The Bertz CT molecular complexity index is 6320. The second kappa shape index (κ2) is 18.2. The van der Waals surface area contributed by atoms with Crippen molar-refractivity contribution < 1.29 is 0 Å². The van der Waals surface area contributed by atoms with Crippen molar-refractivity contribution in [2.45, 2.75) is 13.8 Å². The number of hydrogen-bond donors (Lipinski definition) is 0. The van der Waals surface area contributed by atoms with Crippen LogP contribution >= 0.6 is 90.7 Å². The summed E-state index contributed by atoms with van der Waals surface area (Å²) < 4.78 is 22.0. The summed E-state index contributed by atoms with van der Waals surface area (Å²) in [7, 11) is 0. The number of thiophene rings is 8. The van der Waals surface area contributed by atoms with Crippen molar-refractivity contribution in [1.82, 2.24) is 0 Å². The Labute approximate surface area is 524 Å². The van der Waals surface area contributed by atoms with E-state index in [1.54, 1.807) is 0 Å². The average Bonchev–Trinajstić information content (AvgIpc) is 1.75. The number of aryl methyl sites for hydroxylation is 2. The Morgan fingerprint density at radius 2 is 0.512 bits per heavy atom. The summed E-state index contributed by atoms with van der Waals surface area (Å²) in [6.45, 7) is 4.44. The lowest BCUT2D eigenvalue weighted by atomic mass is 9.89. The molecular weight excluding hydrogens is 1190 g/mol. The minimum atomic E-state index is 1.24. The predicted molar refractivity (Wildman–Crippen MR) is 391 cm³/mol. The Balaban J connectivity index is 0.675. The number of fused-ring (bicyclic) bond motifs is 22. The second-order valence-electron chi connectivity index (χ2n) is 23.2. The van der Waals surface area contributed by atoms with E-state index in [4.69, 9.17) is 0 Å². The summed E-state index contributed by atoms with van der Waals surface area (Å²) in [6, 6.07) is 83.8. The average molecular weight is 1240 g/mol. The Morgan fingerprint density at radius 1 is 0.198 bits per heavy atom. The van der Waals surface area contributed by atoms with Gasteiger partial charge in [-0.3, -0.25) is 0 Å². The van der Waals surface area contributed by atoms with E-state index in [2.05, 4.69) is 232 Å². The van der Waals surface area contributed by atoms with E-state index in [-0.39, 0.29) is 0 Å². The lowest BCUT2D eigenvalue weighted by Crippen LogP contribution is -1.90. The number of hydrogen-bond acceptors (Lipinski definition) is 8. The fraction of sp³-hybridized carbons (Fsp3) is 0.0256. The molecule has 0 saturated heterocycles. The molecule has 8 heteroatoms. The fourth-order valence-electron chi connectivity index (χ4n) is 13.6. The van der Waals surface area contributed by atoms with Gasteiger partial charge in [-0.2, -0.15) is 0 Å². The molecule has 0 saturated carbocycles. The molecule has 402 valence electrons. The van der Waals surface area contributed by atoms with Crippen LogP contribution in [-0.2, 0) is 0 Å². The van der Waals surface area contributed by atoms with Crippen LogP contribution in [0.4, 0.5) is 0 Å². The zero-order valence-corrected chi connectivity index (χ0v) is 52.6. The molecule has 8 aromatic heterocycles. The van der Waals surface area contributed by atoms with Crippen molar-refractivity contribution in [1.29, 1.82) is 0 Å². The highest BCUT2D eigenvalue weighted by atomic mass is 32.1. The lowest BCUT2D eigenvalue weighted by molar-refractivity contribution is 1.46. The highest BCUT2D eigenvalue weighted by Crippen LogP contribution is 2.53. The normalized spacial score (nSPS) is 12.5. The van der Waals surface area contributed by atoms with Gasteiger partial charge in [0.25, 0.3) is 0 Å². The molecule has 0 radical (unpaired) electrons. The Morgan fingerprint density at radius 3 is 0.942 bits per heavy atom. The van der Waals surface area contributed by atoms with Gasteiger partial charge < -0.3 is 0 Å². The first-order chi connectivity index (χ1) is 42.3. The third-order valence-corrected chi connectivity index (χ3v) is 28.1. The lowest BCUT2D eigenvalue weighted by Gasteiger charge is -2.15. The van der Waals surface area contributed by atoms with Gasteiger partial charge in [-0.05, 0) is 200 Å². The minimum absolute atomic E-state index is 1.24. The zero-order valence-electron chi connectivity index (χ0n) is 46.1. The van der Waals surface area contributed by atoms with E-state index in [9.17, 15) is 0 Å². The van der Waals surface area contributed by atoms with Gasteiger partial charge in [0.15, 0.2) is 0 Å². The Kier molecular flexibility index (Phi) is 10.4. The second-order valence-corrected chi connectivity index (χ2v) is 31.6. The highest BCUT2D eigenvalue weighted by molar-refractivity contribution is 7.38. The number of rotatable bonds is 5. The summed E-state index contributed by atoms with van der Waals surface area (Å²) >= 11 is 15.6. The van der Waals surface area contributed by atoms with Gasteiger partial charge in [-0.15, -0.1) is 90.7 Å². The molecule has 0 fully saturated rings. The maximum Gasteiger partial charge on any atom is 0.0542 e. The molecule has 0 aliphatic heterocycles. The standard InChI is InChI=1S/C78H42S8/c1-39-13-16-42(17-14-39)45-20-23-64-56(27-45)72-75(80-64)59-29-48-34-68-60(30-49(48)33-66(59)83-72)76-73(84-68)57-28-47(21-24-65(57)81-76)46-18-15-40(2)52(25-46)54-38-70-62(37-53(54)43-11-7-4-8-12-43)78-77(86-70)61-32-51-35-67-58(31-50(51)36-69(61)85-78)74-71(82-67)55-26-44(19-22-63(55)79-74)41-9-5-3-6-10-41/h3-38H,1-2H3. The SMILES string of the molecule is Cc1ccc(-c2ccc3sc4c5cc6cc7sc8c9cc(-c%10ccc(C)c(-c%11cc%12sc%13c%14cc%15cc%16sc%17c%18cc(-c%19ccccc%19)ccc%18sc%17c%16cc%15cc%14sc%13c%12cc%11-c%11ccccc%11)c%10)ccc9sc8c7cc6cc5sc4c3c2)cc1. The van der Waals surface area contributed by atoms with Crippen LogP contribution in [0.15, 0.2) is 218 Å². The topological polar surface area (TPSA) is 0 Å². The first-order valence-corrected chi connectivity index (χ1v) is 35.4. The molecule has 0 N–H and O–H groups in total. The smallest absolute Gasteiger partial charge is 0.0542 e. The molecule has 20 aromatic rings. The van der Waals surface area contributed by atoms with Gasteiger partial charge >= 0.3 is 0 Å². The van der Waals surface area contributed by atoms with Crippen LogP contribution in [0, 0.1) is 13.8 Å². The molecule has 0 bridgehead atoms. The summed E-state index contributed by atoms with van der Waals surface area (Å²) in [5.41, 5.74) is 15.2. The molecule has 0 aliphatic rings. The van der Waals surface area contributed by atoms with Crippen LogP contribution in [-0.4, -0.2) is 0 Å². The van der Waals surface area contributed by atoms with Crippen molar-refractivity contribution in [2.75, 3.05) is 0 Å². The molecule has 20 rings (SSSR count). The van der Waals surface area contributed by atoms with Crippen LogP contribution in [0.5, 0.6) is 0 Å². The van der Waals surface area contributed by atoms with Gasteiger partial charge in [-0.1, -0.05) is 121 Å². The largest absolute Gasteiger partial charge is 0.134 e. The molecule has 0 atom stereocenters. The van der Waals surface area contributed by atoms with Crippen LogP contribution in [0.3, 0.4) is 0 Å². The molecule has 0 spiro atoms. The van der Waals surface area contributed by atoms with Crippen molar-refractivity contribution in [3.63, 3.8) is 0 Å². The monoisotopic (exact) mass is 1230 g/mol. The first-order valence-electron chi connectivity index (χ1n) is 28.9. The zero-order chi connectivity index (χ0) is 56.2. The highest BCUT2D eigenvalue weighted by Gasteiger charge is 2.22. The Hall–Kier alpha value is -8.12. The molecule has 8 heterocycles. The van der Waals surface area contributed by atoms with Crippen LogP contribution in [0.2, 0.25) is 0 Å². The summed E-state index contributed by atoms with van der Waals surface area (Å²) in [4.78, 5) is 0. The molecule has 86 heavy (non-hydrogen) atoms. The molecular formula is C78H42S8. The van der Waals surface area contributed by atoms with Gasteiger partial charge in [0, 0.05) is 80.7 Å². The van der Waals surface area contributed by atoms with Gasteiger partial charge in [0.05, 0.1) is 37.6 Å². The van der Waals surface area contributed by atoms with Crippen molar-refractivity contribution >= 4 is 231 Å². The van der Waals surface area contributed by atoms with Gasteiger partial charge in [-0.25, -0.2) is 0 Å². The first kappa shape index (κ1) is 49.0. The maximum absolute atomic E-state index is 2.51. The molecule has 0 aliphatic carbocycles. The van der Waals surface area contributed by atoms with E-state index in [1.165, 1.54) is 207 Å². The molecule has 0 amide bonds. The molecule has 0 unspecified atom stereocenters. The maximum atomic E-state index is 2.51. The summed E-state index contributed by atoms with van der Waals surface area (Å²) in [6.07, 6.45) is 0. The quantitative estimate of drug-likeness (QED) is 0.161. The summed E-state index contributed by atoms with van der Waals surface area (Å²) in [5, 5.41) is 16.2. The fourth-order valence-corrected chi connectivity index (χ4v) is 24.3. The van der Waals surface area contributed by atoms with Crippen LogP contribution < -0.4 is 0 Å². The molecule has 12 aromatic carbocycles. The van der Waals surface area contributed by atoms with Crippen molar-refractivity contribution in [3.05, 3.63) is 230 Å². The van der Waals surface area contributed by atoms with Crippen LogP contribution in [0.25, 0.3) is 195 Å². The van der Waals surface area contributed by atoms with E-state index < -0.39 is 0 Å².